The first kappa shape index (κ1) is 18.7. The van der Waals surface area contributed by atoms with E-state index in [4.69, 9.17) is 4.74 Å². The lowest BCUT2D eigenvalue weighted by Crippen LogP contribution is -2.38. The van der Waals surface area contributed by atoms with Gasteiger partial charge in [-0.05, 0) is 19.0 Å². The molecule has 0 aliphatic carbocycles. The summed E-state index contributed by atoms with van der Waals surface area (Å²) in [7, 11) is 0. The van der Waals surface area contributed by atoms with Crippen molar-refractivity contribution in [1.82, 2.24) is 20.0 Å². The zero-order valence-corrected chi connectivity index (χ0v) is 13.1. The van der Waals surface area contributed by atoms with Crippen LogP contribution in [-0.2, 0) is 16.1 Å². The van der Waals surface area contributed by atoms with E-state index in [0.717, 1.165) is 19.6 Å². The molecule has 10 heteroatoms. The molecular formula is C14H20F4N4O2. The third-order valence-electron chi connectivity index (χ3n) is 3.65. The van der Waals surface area contributed by atoms with E-state index in [-0.39, 0.29) is 0 Å². The highest BCUT2D eigenvalue weighted by Gasteiger charge is 2.22. The monoisotopic (exact) mass is 352 g/mol. The smallest absolute Gasteiger partial charge is 0.282 e. The molecule has 24 heavy (non-hydrogen) atoms. The Hall–Kier alpha value is -1.68. The van der Waals surface area contributed by atoms with Gasteiger partial charge < -0.3 is 10.1 Å². The van der Waals surface area contributed by atoms with Gasteiger partial charge in [0.1, 0.15) is 17.9 Å². The fraction of sp³-hybridized carbons (Fsp3) is 0.714. The van der Waals surface area contributed by atoms with Gasteiger partial charge in [0.05, 0.1) is 13.2 Å². The van der Waals surface area contributed by atoms with Crippen molar-refractivity contribution in [3.8, 4) is 0 Å². The standard InChI is InChI=1S/C14H20F4N4O2/c15-13(16)10-8-11(14(17)18)22(20-10)9-12(23)19-2-1-3-21-4-6-24-7-5-21/h8,13-14H,1-7,9H2,(H,19,23). The second-order valence-electron chi connectivity index (χ2n) is 5.41. The van der Waals surface area contributed by atoms with Crippen molar-refractivity contribution in [1.29, 1.82) is 0 Å². The maximum Gasteiger partial charge on any atom is 0.282 e. The molecule has 1 aromatic heterocycles. The Morgan fingerprint density at radius 2 is 1.96 bits per heavy atom. The van der Waals surface area contributed by atoms with Gasteiger partial charge >= 0.3 is 0 Å². The largest absolute Gasteiger partial charge is 0.379 e. The Labute approximate surface area is 136 Å². The summed E-state index contributed by atoms with van der Waals surface area (Å²) in [5.41, 5.74) is -1.45. The van der Waals surface area contributed by atoms with Crippen LogP contribution in [0.25, 0.3) is 0 Å². The minimum absolute atomic E-state index is 0.378. The van der Waals surface area contributed by atoms with Crippen LogP contribution in [0.15, 0.2) is 6.07 Å². The van der Waals surface area contributed by atoms with Gasteiger partial charge in [-0.2, -0.15) is 5.10 Å². The van der Waals surface area contributed by atoms with E-state index in [0.29, 0.717) is 36.9 Å². The zero-order valence-electron chi connectivity index (χ0n) is 13.1. The number of halogens is 4. The third kappa shape index (κ3) is 5.45. The van der Waals surface area contributed by atoms with Gasteiger partial charge in [0, 0.05) is 19.6 Å². The van der Waals surface area contributed by atoms with Crippen LogP contribution < -0.4 is 5.32 Å². The summed E-state index contributed by atoms with van der Waals surface area (Å²) in [5, 5.41) is 5.96. The highest BCUT2D eigenvalue weighted by molar-refractivity contribution is 5.75. The van der Waals surface area contributed by atoms with Gasteiger partial charge in [-0.1, -0.05) is 0 Å². The van der Waals surface area contributed by atoms with Crippen LogP contribution in [0.3, 0.4) is 0 Å². The topological polar surface area (TPSA) is 59.4 Å². The number of alkyl halides is 4. The Kier molecular flexibility index (Phi) is 6.98. The molecule has 1 aliphatic heterocycles. The van der Waals surface area contributed by atoms with Crippen LogP contribution in [-0.4, -0.2) is 60.0 Å². The zero-order chi connectivity index (χ0) is 17.5. The van der Waals surface area contributed by atoms with Crippen molar-refractivity contribution >= 4 is 5.91 Å². The molecule has 1 saturated heterocycles. The molecule has 0 saturated carbocycles. The van der Waals surface area contributed by atoms with E-state index in [1.54, 1.807) is 0 Å². The molecule has 0 aromatic carbocycles. The minimum Gasteiger partial charge on any atom is -0.379 e. The van der Waals surface area contributed by atoms with Crippen molar-refractivity contribution < 1.29 is 27.1 Å². The predicted octanol–water partition coefficient (Wildman–Crippen LogP) is 1.60. The van der Waals surface area contributed by atoms with E-state index >= 15 is 0 Å². The molecule has 1 amide bonds. The summed E-state index contributed by atoms with van der Waals surface area (Å²) in [4.78, 5) is 14.0. The number of carbonyl (C=O) groups is 1. The van der Waals surface area contributed by atoms with Gasteiger partial charge in [0.2, 0.25) is 5.91 Å². The average Bonchev–Trinajstić information content (AvgIpc) is 2.97. The molecule has 0 radical (unpaired) electrons. The lowest BCUT2D eigenvalue weighted by Gasteiger charge is -2.26. The summed E-state index contributed by atoms with van der Waals surface area (Å²) >= 11 is 0. The summed E-state index contributed by atoms with van der Waals surface area (Å²) in [5.74, 6) is -0.539. The Morgan fingerprint density at radius 1 is 1.25 bits per heavy atom. The highest BCUT2D eigenvalue weighted by atomic mass is 19.3. The Morgan fingerprint density at radius 3 is 2.58 bits per heavy atom. The quantitative estimate of drug-likeness (QED) is 0.570. The first-order chi connectivity index (χ1) is 11.5. The number of hydrogen-bond donors (Lipinski definition) is 1. The molecule has 2 rings (SSSR count). The lowest BCUT2D eigenvalue weighted by atomic mass is 10.3. The van der Waals surface area contributed by atoms with E-state index in [2.05, 4.69) is 15.3 Å². The van der Waals surface area contributed by atoms with Gasteiger partial charge in [-0.3, -0.25) is 14.4 Å². The van der Waals surface area contributed by atoms with Crippen molar-refractivity contribution in [2.45, 2.75) is 25.8 Å². The molecule has 136 valence electrons. The second kappa shape index (κ2) is 8.97. The normalized spacial score (nSPS) is 16.1. The fourth-order valence-corrected chi connectivity index (χ4v) is 2.41. The van der Waals surface area contributed by atoms with Crippen molar-refractivity contribution in [2.24, 2.45) is 0 Å². The molecule has 2 heterocycles. The van der Waals surface area contributed by atoms with Crippen LogP contribution >= 0.6 is 0 Å². The Bertz CT molecular complexity index is 533. The number of aromatic nitrogens is 2. The maximum atomic E-state index is 12.8. The SMILES string of the molecule is O=C(Cn1nc(C(F)F)cc1C(F)F)NCCCN1CCOCC1. The fourth-order valence-electron chi connectivity index (χ4n) is 2.41. The summed E-state index contributed by atoms with van der Waals surface area (Å²) in [6.07, 6.45) is -5.23. The average molecular weight is 352 g/mol. The molecule has 1 fully saturated rings. The van der Waals surface area contributed by atoms with E-state index < -0.39 is 36.7 Å². The molecule has 0 unspecified atom stereocenters. The van der Waals surface area contributed by atoms with E-state index in [1.165, 1.54) is 0 Å². The van der Waals surface area contributed by atoms with E-state index in [9.17, 15) is 22.4 Å². The third-order valence-corrected chi connectivity index (χ3v) is 3.65. The molecule has 0 atom stereocenters. The highest BCUT2D eigenvalue weighted by Crippen LogP contribution is 2.24. The van der Waals surface area contributed by atoms with Gasteiger partial charge in [-0.15, -0.1) is 0 Å². The summed E-state index contributed by atoms with van der Waals surface area (Å²) in [6, 6.07) is 0.626. The number of rotatable bonds is 8. The van der Waals surface area contributed by atoms with Crippen LogP contribution in [0, 0.1) is 0 Å². The molecular weight excluding hydrogens is 332 g/mol. The summed E-state index contributed by atoms with van der Waals surface area (Å²) < 4.78 is 56.6. The number of morpholine rings is 1. The predicted molar refractivity (Wildman–Crippen MR) is 77.0 cm³/mol. The van der Waals surface area contributed by atoms with Gasteiger partial charge in [-0.25, -0.2) is 17.6 Å². The molecule has 1 aliphatic rings. The number of nitrogens with one attached hydrogen (secondary N) is 1. The van der Waals surface area contributed by atoms with Crippen LogP contribution in [0.1, 0.15) is 30.7 Å². The first-order valence-electron chi connectivity index (χ1n) is 7.68. The Balaban J connectivity index is 1.77. The van der Waals surface area contributed by atoms with Crippen molar-refractivity contribution in [2.75, 3.05) is 39.4 Å². The molecule has 0 spiro atoms. The van der Waals surface area contributed by atoms with Crippen molar-refractivity contribution in [3.05, 3.63) is 17.5 Å². The molecule has 6 nitrogen and oxygen atoms in total. The number of carbonyl (C=O) groups excluding carboxylic acids is 1. The molecule has 0 bridgehead atoms. The number of ether oxygens (including phenoxy) is 1. The number of amides is 1. The minimum atomic E-state index is -2.97. The second-order valence-corrected chi connectivity index (χ2v) is 5.41. The number of nitrogens with zero attached hydrogens (tertiary/aromatic N) is 3. The first-order valence-corrected chi connectivity index (χ1v) is 7.68. The summed E-state index contributed by atoms with van der Waals surface area (Å²) in [6.45, 7) is 3.73. The van der Waals surface area contributed by atoms with Gasteiger partial charge in [0.25, 0.3) is 12.9 Å². The lowest BCUT2D eigenvalue weighted by molar-refractivity contribution is -0.122. The number of hydrogen-bond acceptors (Lipinski definition) is 4. The van der Waals surface area contributed by atoms with Gasteiger partial charge in [0.15, 0.2) is 0 Å². The van der Waals surface area contributed by atoms with Crippen LogP contribution in [0.2, 0.25) is 0 Å². The van der Waals surface area contributed by atoms with Crippen molar-refractivity contribution in [3.63, 3.8) is 0 Å². The van der Waals surface area contributed by atoms with E-state index in [1.807, 2.05) is 0 Å². The molecule has 1 aromatic rings. The van der Waals surface area contributed by atoms with Crippen LogP contribution in [0.4, 0.5) is 17.6 Å². The van der Waals surface area contributed by atoms with Crippen LogP contribution in [0.5, 0.6) is 0 Å². The molecule has 1 N–H and O–H groups in total. The maximum absolute atomic E-state index is 12.8.